The zero-order valence-corrected chi connectivity index (χ0v) is 14.8. The van der Waals surface area contributed by atoms with E-state index in [1.54, 1.807) is 27.7 Å². The molecule has 0 aromatic heterocycles. The van der Waals surface area contributed by atoms with E-state index < -0.39 is 22.4 Å². The van der Waals surface area contributed by atoms with Crippen LogP contribution in [-0.2, 0) is 4.74 Å². The molecule has 7 nitrogen and oxygen atoms in total. The number of nitrogens with zero attached hydrogens (tertiary/aromatic N) is 1. The lowest BCUT2D eigenvalue weighted by Crippen LogP contribution is -2.27. The molecule has 0 saturated carbocycles. The molecule has 0 atom stereocenters. The van der Waals surface area contributed by atoms with Crippen LogP contribution in [0.3, 0.4) is 0 Å². The van der Waals surface area contributed by atoms with E-state index in [0.29, 0.717) is 11.3 Å². The Morgan fingerprint density at radius 2 is 1.88 bits per heavy atom. The highest BCUT2D eigenvalue weighted by Crippen LogP contribution is 2.30. The Balaban J connectivity index is 2.12. The van der Waals surface area contributed by atoms with Crippen molar-refractivity contribution >= 4 is 17.5 Å². The number of halogens is 1. The molecular formula is C18H19FN2O5. The summed E-state index contributed by atoms with van der Waals surface area (Å²) >= 11 is 0. The van der Waals surface area contributed by atoms with Crippen molar-refractivity contribution < 1.29 is 23.6 Å². The number of nitrogens with one attached hydrogen (secondary N) is 1. The van der Waals surface area contributed by atoms with Crippen LogP contribution in [0.1, 0.15) is 26.3 Å². The summed E-state index contributed by atoms with van der Waals surface area (Å²) in [5.74, 6) is -0.148. The van der Waals surface area contributed by atoms with Crippen LogP contribution in [0.4, 0.5) is 20.6 Å². The number of hydrogen-bond donors (Lipinski definition) is 1. The fourth-order valence-corrected chi connectivity index (χ4v) is 2.06. The van der Waals surface area contributed by atoms with Gasteiger partial charge in [0.05, 0.1) is 10.6 Å². The molecule has 0 heterocycles. The molecule has 0 saturated heterocycles. The number of ether oxygens (including phenoxy) is 2. The van der Waals surface area contributed by atoms with Crippen molar-refractivity contribution in [3.8, 4) is 11.5 Å². The molecule has 0 unspecified atom stereocenters. The minimum atomic E-state index is -0.767. The third kappa shape index (κ3) is 5.17. The normalized spacial score (nSPS) is 11.0. The molecule has 26 heavy (non-hydrogen) atoms. The molecule has 0 aliphatic carbocycles. The second kappa shape index (κ2) is 7.38. The van der Waals surface area contributed by atoms with Crippen LogP contribution in [0.25, 0.3) is 0 Å². The van der Waals surface area contributed by atoms with E-state index in [0.717, 1.165) is 6.07 Å². The van der Waals surface area contributed by atoms with E-state index >= 15 is 0 Å². The summed E-state index contributed by atoms with van der Waals surface area (Å²) in [6, 6.07) is 8.03. The van der Waals surface area contributed by atoms with Crippen molar-refractivity contribution in [3.05, 3.63) is 57.9 Å². The highest BCUT2D eigenvalue weighted by molar-refractivity contribution is 5.85. The fraction of sp³-hybridized carbons (Fsp3) is 0.278. The van der Waals surface area contributed by atoms with Gasteiger partial charge in [-0.2, -0.15) is 0 Å². The van der Waals surface area contributed by atoms with Gasteiger partial charge < -0.3 is 9.47 Å². The summed E-state index contributed by atoms with van der Waals surface area (Å²) in [7, 11) is 0. The van der Waals surface area contributed by atoms with Gasteiger partial charge in [0.15, 0.2) is 5.82 Å². The van der Waals surface area contributed by atoms with Crippen LogP contribution in [-0.4, -0.2) is 16.6 Å². The maximum atomic E-state index is 14.2. The molecule has 0 aliphatic rings. The van der Waals surface area contributed by atoms with Crippen molar-refractivity contribution in [2.24, 2.45) is 0 Å². The summed E-state index contributed by atoms with van der Waals surface area (Å²) in [6.07, 6.45) is -0.767. The van der Waals surface area contributed by atoms with E-state index in [1.165, 1.54) is 30.3 Å². The van der Waals surface area contributed by atoms with Crippen molar-refractivity contribution in [1.82, 2.24) is 0 Å². The lowest BCUT2D eigenvalue weighted by Gasteiger charge is -2.20. The lowest BCUT2D eigenvalue weighted by molar-refractivity contribution is -0.384. The first-order valence-corrected chi connectivity index (χ1v) is 7.77. The molecule has 2 aromatic carbocycles. The molecule has 0 bridgehead atoms. The second-order valence-electron chi connectivity index (χ2n) is 6.58. The third-order valence-corrected chi connectivity index (χ3v) is 3.17. The number of carbonyl (C=O) groups is 1. The molecule has 0 radical (unpaired) electrons. The first kappa shape index (κ1) is 19.2. The Labute approximate surface area is 149 Å². The largest absolute Gasteiger partial charge is 0.457 e. The Hall–Kier alpha value is -3.16. The number of nitro groups is 1. The standard InChI is InChI=1S/C18H19FN2O5/c1-11-9-12(21(23)24)5-8-16(11)25-13-6-7-15(14(19)10-13)20-17(22)26-18(2,3)4/h5-10H,1-4H3,(H,20,22). The average molecular weight is 362 g/mol. The number of amides is 1. The van der Waals surface area contributed by atoms with E-state index in [4.69, 9.17) is 9.47 Å². The van der Waals surface area contributed by atoms with Gasteiger partial charge in [-0.25, -0.2) is 9.18 Å². The SMILES string of the molecule is Cc1cc([N+](=O)[O-])ccc1Oc1ccc(NC(=O)OC(C)(C)C)c(F)c1. The quantitative estimate of drug-likeness (QED) is 0.597. The topological polar surface area (TPSA) is 90.7 Å². The molecule has 8 heteroatoms. The lowest BCUT2D eigenvalue weighted by atomic mass is 10.2. The predicted octanol–water partition coefficient (Wildman–Crippen LogP) is 5.18. The van der Waals surface area contributed by atoms with E-state index in [2.05, 4.69) is 5.32 Å². The second-order valence-corrected chi connectivity index (χ2v) is 6.58. The smallest absolute Gasteiger partial charge is 0.412 e. The number of hydrogen-bond acceptors (Lipinski definition) is 5. The maximum absolute atomic E-state index is 14.2. The Morgan fingerprint density at radius 1 is 1.19 bits per heavy atom. The van der Waals surface area contributed by atoms with Crippen molar-refractivity contribution in [1.29, 1.82) is 0 Å². The number of nitro benzene ring substituents is 1. The molecule has 138 valence electrons. The van der Waals surface area contributed by atoms with Crippen molar-refractivity contribution in [2.75, 3.05) is 5.32 Å². The summed E-state index contributed by atoms with van der Waals surface area (Å²) in [4.78, 5) is 21.9. The molecule has 1 amide bonds. The molecule has 2 rings (SSSR count). The highest BCUT2D eigenvalue weighted by atomic mass is 19.1. The minimum Gasteiger partial charge on any atom is -0.457 e. The summed E-state index contributed by atoms with van der Waals surface area (Å²) in [5, 5.41) is 13.1. The summed E-state index contributed by atoms with van der Waals surface area (Å²) in [5.41, 5.74) is -0.266. The molecule has 0 aliphatic heterocycles. The third-order valence-electron chi connectivity index (χ3n) is 3.17. The minimum absolute atomic E-state index is 0.0491. The molecule has 0 fully saturated rings. The monoisotopic (exact) mass is 362 g/mol. The summed E-state index contributed by atoms with van der Waals surface area (Å²) < 4.78 is 24.8. The van der Waals surface area contributed by atoms with Gasteiger partial charge in [-0.1, -0.05) is 0 Å². The predicted molar refractivity (Wildman–Crippen MR) is 94.2 cm³/mol. The van der Waals surface area contributed by atoms with Gasteiger partial charge in [-0.3, -0.25) is 15.4 Å². The van der Waals surface area contributed by atoms with Gasteiger partial charge in [-0.05, 0) is 51.5 Å². The van der Waals surface area contributed by atoms with E-state index in [1.807, 2.05) is 0 Å². The number of anilines is 1. The number of carbonyl (C=O) groups excluding carboxylic acids is 1. The Kier molecular flexibility index (Phi) is 5.44. The first-order chi connectivity index (χ1) is 12.0. The first-order valence-electron chi connectivity index (χ1n) is 7.77. The molecular weight excluding hydrogens is 343 g/mol. The zero-order valence-electron chi connectivity index (χ0n) is 14.8. The Morgan fingerprint density at radius 3 is 2.42 bits per heavy atom. The molecule has 2 aromatic rings. The van der Waals surface area contributed by atoms with Crippen LogP contribution in [0.5, 0.6) is 11.5 Å². The van der Waals surface area contributed by atoms with Crippen LogP contribution in [0.2, 0.25) is 0 Å². The van der Waals surface area contributed by atoms with Gasteiger partial charge in [-0.15, -0.1) is 0 Å². The maximum Gasteiger partial charge on any atom is 0.412 e. The van der Waals surface area contributed by atoms with Crippen LogP contribution in [0, 0.1) is 22.9 Å². The number of benzene rings is 2. The van der Waals surface area contributed by atoms with Crippen LogP contribution < -0.4 is 10.1 Å². The van der Waals surface area contributed by atoms with Gasteiger partial charge >= 0.3 is 6.09 Å². The summed E-state index contributed by atoms with van der Waals surface area (Å²) in [6.45, 7) is 6.75. The highest BCUT2D eigenvalue weighted by Gasteiger charge is 2.18. The number of aryl methyl sites for hydroxylation is 1. The Bertz CT molecular complexity index is 846. The average Bonchev–Trinajstić information content (AvgIpc) is 2.50. The van der Waals surface area contributed by atoms with Crippen LogP contribution in [0.15, 0.2) is 36.4 Å². The van der Waals surface area contributed by atoms with Crippen molar-refractivity contribution in [2.45, 2.75) is 33.3 Å². The van der Waals surface area contributed by atoms with Crippen LogP contribution >= 0.6 is 0 Å². The van der Waals surface area contributed by atoms with E-state index in [-0.39, 0.29) is 17.1 Å². The number of rotatable bonds is 4. The fourth-order valence-electron chi connectivity index (χ4n) is 2.06. The van der Waals surface area contributed by atoms with E-state index in [9.17, 15) is 19.3 Å². The van der Waals surface area contributed by atoms with Gasteiger partial charge in [0.25, 0.3) is 5.69 Å². The molecule has 0 spiro atoms. The zero-order chi connectivity index (χ0) is 19.5. The van der Waals surface area contributed by atoms with Gasteiger partial charge in [0.1, 0.15) is 17.1 Å². The van der Waals surface area contributed by atoms with Gasteiger partial charge in [0.2, 0.25) is 0 Å². The van der Waals surface area contributed by atoms with Crippen molar-refractivity contribution in [3.63, 3.8) is 0 Å². The van der Waals surface area contributed by atoms with Gasteiger partial charge in [0, 0.05) is 18.2 Å². The molecule has 1 N–H and O–H groups in total. The number of non-ortho nitro benzene ring substituents is 1.